The third kappa shape index (κ3) is 5.94. The predicted molar refractivity (Wildman–Crippen MR) is 112 cm³/mol. The first-order chi connectivity index (χ1) is 13.0. The van der Waals surface area contributed by atoms with Crippen molar-refractivity contribution >= 4 is 17.5 Å². The van der Waals surface area contributed by atoms with E-state index in [0.29, 0.717) is 24.3 Å². The van der Waals surface area contributed by atoms with Gasteiger partial charge in [0.15, 0.2) is 0 Å². The van der Waals surface area contributed by atoms with E-state index in [0.717, 1.165) is 57.0 Å². The number of likely N-dealkylation sites (tertiary alicyclic amines) is 2. The summed E-state index contributed by atoms with van der Waals surface area (Å²) in [7, 11) is 4.17. The van der Waals surface area contributed by atoms with Gasteiger partial charge in [0.25, 0.3) is 0 Å². The van der Waals surface area contributed by atoms with Gasteiger partial charge < -0.3 is 9.80 Å². The molecule has 0 bridgehead atoms. The Kier molecular flexibility index (Phi) is 7.57. The van der Waals surface area contributed by atoms with Crippen molar-refractivity contribution in [3.63, 3.8) is 0 Å². The second-order valence-electron chi connectivity index (χ2n) is 8.41. The minimum Gasteiger partial charge on any atom is -0.343 e. The molecular weight excluding hydrogens is 358 g/mol. The lowest BCUT2D eigenvalue weighted by atomic mass is 9.92. The van der Waals surface area contributed by atoms with Gasteiger partial charge in [-0.2, -0.15) is 0 Å². The molecule has 1 aromatic carbocycles. The van der Waals surface area contributed by atoms with Crippen LogP contribution in [0.25, 0.3) is 0 Å². The molecule has 2 saturated heterocycles. The van der Waals surface area contributed by atoms with Crippen LogP contribution in [0, 0.1) is 5.92 Å². The Morgan fingerprint density at radius 1 is 1.19 bits per heavy atom. The maximum Gasteiger partial charge on any atom is 0.222 e. The van der Waals surface area contributed by atoms with Crippen molar-refractivity contribution in [2.75, 3.05) is 40.3 Å². The van der Waals surface area contributed by atoms with Crippen molar-refractivity contribution < 1.29 is 4.79 Å². The van der Waals surface area contributed by atoms with Crippen LogP contribution in [0.2, 0.25) is 5.02 Å². The molecule has 2 fully saturated rings. The maximum absolute atomic E-state index is 12.7. The number of amides is 1. The molecule has 0 spiro atoms. The Morgan fingerprint density at radius 3 is 2.67 bits per heavy atom. The molecule has 0 saturated carbocycles. The number of hydrogen-bond donors (Lipinski definition) is 0. The van der Waals surface area contributed by atoms with Crippen LogP contribution in [0.1, 0.15) is 44.1 Å². The van der Waals surface area contributed by atoms with Crippen molar-refractivity contribution in [2.24, 2.45) is 5.92 Å². The summed E-state index contributed by atoms with van der Waals surface area (Å²) < 4.78 is 0. The second kappa shape index (κ2) is 9.90. The van der Waals surface area contributed by atoms with Crippen LogP contribution in [0.5, 0.6) is 0 Å². The zero-order valence-corrected chi connectivity index (χ0v) is 17.6. The summed E-state index contributed by atoms with van der Waals surface area (Å²) in [5.74, 6) is 0.948. The summed E-state index contributed by atoms with van der Waals surface area (Å²) in [5.41, 5.74) is 1.21. The summed E-state index contributed by atoms with van der Waals surface area (Å²) in [6.07, 6.45) is 6.36. The lowest BCUT2D eigenvalue weighted by Crippen LogP contribution is -2.44. The van der Waals surface area contributed by atoms with Gasteiger partial charge in [-0.25, -0.2) is 0 Å². The van der Waals surface area contributed by atoms with E-state index >= 15 is 0 Å². The lowest BCUT2D eigenvalue weighted by molar-refractivity contribution is -0.133. The third-order valence-corrected chi connectivity index (χ3v) is 6.72. The molecular formula is C22H34ClN3O. The highest BCUT2D eigenvalue weighted by Crippen LogP contribution is 2.25. The molecule has 2 aliphatic rings. The Morgan fingerprint density at radius 2 is 1.93 bits per heavy atom. The van der Waals surface area contributed by atoms with E-state index in [9.17, 15) is 4.79 Å². The minimum atomic E-state index is 0.327. The quantitative estimate of drug-likeness (QED) is 0.736. The van der Waals surface area contributed by atoms with E-state index in [-0.39, 0.29) is 0 Å². The van der Waals surface area contributed by atoms with E-state index in [1.165, 1.54) is 18.4 Å². The topological polar surface area (TPSA) is 26.8 Å². The molecule has 1 aromatic rings. The van der Waals surface area contributed by atoms with Gasteiger partial charge in [-0.15, -0.1) is 0 Å². The van der Waals surface area contributed by atoms with Gasteiger partial charge in [0, 0.05) is 37.6 Å². The molecule has 0 aromatic heterocycles. The zero-order valence-electron chi connectivity index (χ0n) is 16.9. The molecule has 1 atom stereocenters. The van der Waals surface area contributed by atoms with Crippen molar-refractivity contribution in [3.8, 4) is 0 Å². The van der Waals surface area contributed by atoms with Crippen LogP contribution in [0.3, 0.4) is 0 Å². The van der Waals surface area contributed by atoms with Gasteiger partial charge in [-0.3, -0.25) is 9.69 Å². The van der Waals surface area contributed by atoms with Gasteiger partial charge in [0.2, 0.25) is 5.91 Å². The van der Waals surface area contributed by atoms with Crippen molar-refractivity contribution in [1.29, 1.82) is 0 Å². The van der Waals surface area contributed by atoms with E-state index in [1.807, 2.05) is 24.1 Å². The van der Waals surface area contributed by atoms with E-state index < -0.39 is 0 Å². The molecule has 1 unspecified atom stereocenters. The van der Waals surface area contributed by atoms with Crippen LogP contribution < -0.4 is 0 Å². The minimum absolute atomic E-state index is 0.327. The average molecular weight is 392 g/mol. The fourth-order valence-corrected chi connectivity index (χ4v) is 4.68. The van der Waals surface area contributed by atoms with Crippen molar-refractivity contribution in [2.45, 2.75) is 51.1 Å². The summed E-state index contributed by atoms with van der Waals surface area (Å²) in [4.78, 5) is 19.5. The number of halogens is 1. The molecule has 5 heteroatoms. The number of hydrogen-bond acceptors (Lipinski definition) is 3. The third-order valence-electron chi connectivity index (χ3n) is 6.35. The van der Waals surface area contributed by atoms with Crippen molar-refractivity contribution in [1.82, 2.24) is 14.7 Å². The largest absolute Gasteiger partial charge is 0.343 e. The molecule has 0 N–H and O–H groups in total. The fourth-order valence-electron chi connectivity index (χ4n) is 4.49. The number of carbonyl (C=O) groups is 1. The molecule has 2 aliphatic heterocycles. The van der Waals surface area contributed by atoms with Crippen LogP contribution in [-0.2, 0) is 11.3 Å². The summed E-state index contributed by atoms with van der Waals surface area (Å²) in [6, 6.07) is 8.55. The number of carbonyl (C=O) groups excluding carboxylic acids is 1. The smallest absolute Gasteiger partial charge is 0.222 e. The zero-order chi connectivity index (χ0) is 19.2. The first kappa shape index (κ1) is 20.6. The summed E-state index contributed by atoms with van der Waals surface area (Å²) in [5, 5.41) is 0.856. The van der Waals surface area contributed by atoms with Gasteiger partial charge in [-0.1, -0.05) is 29.8 Å². The van der Waals surface area contributed by atoms with Gasteiger partial charge >= 0.3 is 0 Å². The Balaban J connectivity index is 1.43. The number of piperidine rings is 2. The molecule has 150 valence electrons. The molecule has 0 radical (unpaired) electrons. The monoisotopic (exact) mass is 391 g/mol. The SMILES string of the molecule is CN1CCC(N(C)C(=O)CCC2CCCN(Cc3ccccc3Cl)C2)CC1. The highest BCUT2D eigenvalue weighted by Gasteiger charge is 2.26. The predicted octanol–water partition coefficient (Wildman–Crippen LogP) is 3.88. The fraction of sp³-hybridized carbons (Fsp3) is 0.682. The van der Waals surface area contributed by atoms with Gasteiger partial charge in [0.05, 0.1) is 0 Å². The van der Waals surface area contributed by atoms with Gasteiger partial charge in [0.1, 0.15) is 0 Å². The maximum atomic E-state index is 12.7. The number of rotatable bonds is 6. The standard InChI is InChI=1S/C22H34ClN3O/c1-24-14-11-20(12-15-24)25(2)22(27)10-9-18-6-5-13-26(16-18)17-19-7-3-4-8-21(19)23/h3-4,7-8,18,20H,5-6,9-17H2,1-2H3. The number of nitrogens with zero attached hydrogens (tertiary/aromatic N) is 3. The molecule has 3 rings (SSSR count). The molecule has 4 nitrogen and oxygen atoms in total. The molecule has 0 aliphatic carbocycles. The highest BCUT2D eigenvalue weighted by atomic mass is 35.5. The first-order valence-corrected chi connectivity index (χ1v) is 10.8. The average Bonchev–Trinajstić information content (AvgIpc) is 2.68. The normalized spacial score (nSPS) is 22.7. The first-order valence-electron chi connectivity index (χ1n) is 10.4. The molecule has 2 heterocycles. The Labute approximate surface area is 169 Å². The van der Waals surface area contributed by atoms with Crippen LogP contribution >= 0.6 is 11.6 Å². The van der Waals surface area contributed by atoms with Gasteiger partial charge in [-0.05, 0) is 76.3 Å². The lowest BCUT2D eigenvalue weighted by Gasteiger charge is -2.36. The highest BCUT2D eigenvalue weighted by molar-refractivity contribution is 6.31. The number of benzene rings is 1. The van der Waals surface area contributed by atoms with Crippen LogP contribution in [-0.4, -0.2) is 66.9 Å². The van der Waals surface area contributed by atoms with E-state index in [4.69, 9.17) is 11.6 Å². The Bertz CT molecular complexity index is 615. The van der Waals surface area contributed by atoms with E-state index in [1.54, 1.807) is 0 Å². The Hall–Kier alpha value is -1.10. The van der Waals surface area contributed by atoms with E-state index in [2.05, 4.69) is 29.0 Å². The summed E-state index contributed by atoms with van der Waals surface area (Å²) >= 11 is 6.32. The molecule has 1 amide bonds. The summed E-state index contributed by atoms with van der Waals surface area (Å²) in [6.45, 7) is 5.32. The second-order valence-corrected chi connectivity index (χ2v) is 8.82. The van der Waals surface area contributed by atoms with Crippen LogP contribution in [0.4, 0.5) is 0 Å². The van der Waals surface area contributed by atoms with Crippen LogP contribution in [0.15, 0.2) is 24.3 Å². The molecule has 27 heavy (non-hydrogen) atoms. The van der Waals surface area contributed by atoms with Crippen molar-refractivity contribution in [3.05, 3.63) is 34.9 Å².